The molecule has 0 aromatic rings. The van der Waals surface area contributed by atoms with Crippen LogP contribution >= 0.6 is 15.9 Å². The molecule has 0 saturated carbocycles. The Morgan fingerprint density at radius 1 is 1.55 bits per heavy atom. The Morgan fingerprint density at radius 3 is 2.27 bits per heavy atom. The molecule has 11 heavy (non-hydrogen) atoms. The fraction of sp³-hybridized carbons (Fsp3) is 0.250. The lowest BCUT2D eigenvalue weighted by atomic mass is 10.2. The number of hydrogen-bond donors (Lipinski definition) is 2. The molecule has 0 heterocycles. The number of hydrogen-bond acceptors (Lipinski definition) is 2. The van der Waals surface area contributed by atoms with Gasteiger partial charge in [-0.05, 0) is 5.83 Å². The van der Waals surface area contributed by atoms with Crippen molar-refractivity contribution < 1.29 is 0 Å². The van der Waals surface area contributed by atoms with Crippen LogP contribution in [-0.4, -0.2) is 11.9 Å². The molecule has 1 unspecified atom stereocenters. The van der Waals surface area contributed by atoms with Crippen molar-refractivity contribution in [3.8, 4) is 0 Å². The summed E-state index contributed by atoms with van der Waals surface area (Å²) in [5.74, 6) is 1.81. The molecule has 0 aliphatic carbocycles. The molecule has 0 rings (SSSR count). The lowest BCUT2D eigenvalue weighted by molar-refractivity contribution is 0.937. The molecule has 0 bridgehead atoms. The summed E-state index contributed by atoms with van der Waals surface area (Å²) in [6.07, 6.45) is 5.11. The van der Waals surface area contributed by atoms with Crippen molar-refractivity contribution >= 4 is 15.9 Å². The lowest BCUT2D eigenvalue weighted by Crippen LogP contribution is -2.23. The normalized spacial score (nSPS) is 11.5. The molecule has 0 radical (unpaired) electrons. The highest BCUT2D eigenvalue weighted by atomic mass is 79.9. The fourth-order valence-electron chi connectivity index (χ4n) is 0.322. The van der Waals surface area contributed by atoms with Gasteiger partial charge in [0.05, 0.1) is 6.04 Å². The maximum Gasteiger partial charge on any atom is 0.0625 e. The minimum atomic E-state index is -0.247. The van der Waals surface area contributed by atoms with Crippen molar-refractivity contribution in [2.45, 2.75) is 6.04 Å². The molecular formula is C8H15BrN2. The first-order valence-corrected chi connectivity index (χ1v) is 4.64. The Hall–Kier alpha value is -0.540. The van der Waals surface area contributed by atoms with Crippen molar-refractivity contribution in [1.29, 1.82) is 0 Å². The van der Waals surface area contributed by atoms with Crippen molar-refractivity contribution in [3.63, 3.8) is 0 Å². The van der Waals surface area contributed by atoms with Gasteiger partial charge in [-0.2, -0.15) is 0 Å². The second-order valence-corrected chi connectivity index (χ2v) is 1.72. The van der Waals surface area contributed by atoms with E-state index in [0.29, 0.717) is 5.70 Å². The van der Waals surface area contributed by atoms with Crippen LogP contribution in [0, 0.1) is 0 Å². The van der Waals surface area contributed by atoms with Gasteiger partial charge in [-0.3, -0.25) is 0 Å². The van der Waals surface area contributed by atoms with Gasteiger partial charge in [-0.25, -0.2) is 0 Å². The summed E-state index contributed by atoms with van der Waals surface area (Å²) in [6.45, 7) is 6.95. The van der Waals surface area contributed by atoms with Crippen LogP contribution < -0.4 is 11.5 Å². The minimum absolute atomic E-state index is 0.247. The molecule has 0 aliphatic heterocycles. The summed E-state index contributed by atoms with van der Waals surface area (Å²) < 4.78 is 0. The van der Waals surface area contributed by atoms with E-state index in [1.807, 2.05) is 5.83 Å². The quantitative estimate of drug-likeness (QED) is 0.558. The first kappa shape index (κ1) is 13.1. The average molecular weight is 219 g/mol. The molecule has 2 nitrogen and oxygen atoms in total. The Balaban J connectivity index is 0. The third kappa shape index (κ3) is 9.46. The second kappa shape index (κ2) is 9.46. The molecule has 0 aromatic carbocycles. The second-order valence-electron chi connectivity index (χ2n) is 1.72. The van der Waals surface area contributed by atoms with E-state index in [2.05, 4.69) is 29.1 Å². The van der Waals surface area contributed by atoms with Gasteiger partial charge in [0.25, 0.3) is 0 Å². The number of halogens is 1. The largest absolute Gasteiger partial charge is 0.401 e. The van der Waals surface area contributed by atoms with Crippen LogP contribution in [-0.2, 0) is 0 Å². The minimum Gasteiger partial charge on any atom is -0.401 e. The summed E-state index contributed by atoms with van der Waals surface area (Å²) >= 11 is 2.94. The van der Waals surface area contributed by atoms with E-state index in [9.17, 15) is 0 Å². The van der Waals surface area contributed by atoms with Gasteiger partial charge in [-0.15, -0.1) is 0 Å². The fourth-order valence-corrected chi connectivity index (χ4v) is 0.322. The summed E-state index contributed by atoms with van der Waals surface area (Å²) in [5.41, 5.74) is 11.2. The zero-order valence-corrected chi connectivity index (χ0v) is 8.34. The molecule has 0 amide bonds. The van der Waals surface area contributed by atoms with Crippen LogP contribution in [0.15, 0.2) is 37.1 Å². The van der Waals surface area contributed by atoms with Crippen LogP contribution in [0.5, 0.6) is 0 Å². The van der Waals surface area contributed by atoms with Gasteiger partial charge in [0, 0.05) is 5.70 Å². The summed E-state index contributed by atoms with van der Waals surface area (Å²) in [7, 11) is 0. The van der Waals surface area contributed by atoms with E-state index in [-0.39, 0.29) is 6.04 Å². The predicted molar refractivity (Wildman–Crippen MR) is 55.5 cm³/mol. The first-order chi connectivity index (χ1) is 5.18. The van der Waals surface area contributed by atoms with Crippen molar-refractivity contribution in [2.75, 3.05) is 5.83 Å². The number of alkyl halides is 1. The van der Waals surface area contributed by atoms with E-state index < -0.39 is 0 Å². The Bertz CT molecular complexity index is 141. The Kier molecular flexibility index (Phi) is 11.2. The van der Waals surface area contributed by atoms with Gasteiger partial charge in [0.15, 0.2) is 0 Å². The average Bonchev–Trinajstić information content (AvgIpc) is 2.03. The molecular weight excluding hydrogens is 204 g/mol. The summed E-state index contributed by atoms with van der Waals surface area (Å²) in [6, 6.07) is -0.247. The molecule has 0 saturated heterocycles. The summed E-state index contributed by atoms with van der Waals surface area (Å²) in [4.78, 5) is 0. The Morgan fingerprint density at radius 2 is 2.00 bits per heavy atom. The van der Waals surface area contributed by atoms with Crippen LogP contribution in [0.3, 0.4) is 0 Å². The van der Waals surface area contributed by atoms with E-state index in [1.165, 1.54) is 0 Å². The monoisotopic (exact) mass is 218 g/mol. The van der Waals surface area contributed by atoms with Gasteiger partial charge < -0.3 is 11.5 Å². The van der Waals surface area contributed by atoms with Crippen molar-refractivity contribution in [2.24, 2.45) is 11.5 Å². The van der Waals surface area contributed by atoms with Crippen LogP contribution in [0.1, 0.15) is 0 Å². The third-order valence-electron chi connectivity index (χ3n) is 0.883. The van der Waals surface area contributed by atoms with Crippen LogP contribution in [0.25, 0.3) is 0 Å². The Labute approximate surface area is 76.8 Å². The first-order valence-electron chi connectivity index (χ1n) is 3.05. The molecule has 64 valence electrons. The summed E-state index contributed by atoms with van der Waals surface area (Å²) in [5, 5.41) is 0. The zero-order valence-electron chi connectivity index (χ0n) is 6.76. The van der Waals surface area contributed by atoms with Gasteiger partial charge in [0.2, 0.25) is 0 Å². The standard InChI is InChI=1S/C7H12N2.CH3Br/c1-3-4-5-7(9)6(2)8;1-2/h3-5,7H,1-2,8-9H2;1H3/b5-4-;. The van der Waals surface area contributed by atoms with E-state index in [4.69, 9.17) is 11.5 Å². The SMILES string of the molecule is C=C/C=C\C(N)C(=C)N.CBr. The van der Waals surface area contributed by atoms with E-state index >= 15 is 0 Å². The predicted octanol–water partition coefficient (Wildman–Crippen LogP) is 1.54. The smallest absolute Gasteiger partial charge is 0.0625 e. The highest BCUT2D eigenvalue weighted by Crippen LogP contribution is 1.88. The lowest BCUT2D eigenvalue weighted by Gasteiger charge is -2.02. The highest BCUT2D eigenvalue weighted by molar-refractivity contribution is 9.08. The molecule has 0 fully saturated rings. The van der Waals surface area contributed by atoms with Crippen LogP contribution in [0.2, 0.25) is 0 Å². The maximum atomic E-state index is 5.44. The van der Waals surface area contributed by atoms with Crippen molar-refractivity contribution in [1.82, 2.24) is 0 Å². The van der Waals surface area contributed by atoms with Gasteiger partial charge in [-0.1, -0.05) is 47.3 Å². The molecule has 3 heteroatoms. The molecule has 0 aromatic heterocycles. The molecule has 1 atom stereocenters. The number of nitrogens with two attached hydrogens (primary N) is 2. The van der Waals surface area contributed by atoms with Gasteiger partial charge in [0.1, 0.15) is 0 Å². The number of rotatable bonds is 3. The molecule has 0 spiro atoms. The molecule has 4 N–H and O–H groups in total. The van der Waals surface area contributed by atoms with Crippen LogP contribution in [0.4, 0.5) is 0 Å². The van der Waals surface area contributed by atoms with Crippen molar-refractivity contribution in [3.05, 3.63) is 37.1 Å². The highest BCUT2D eigenvalue weighted by Gasteiger charge is 1.93. The van der Waals surface area contributed by atoms with Gasteiger partial charge >= 0.3 is 0 Å². The topological polar surface area (TPSA) is 52.0 Å². The maximum absolute atomic E-state index is 5.44. The molecule has 0 aliphatic rings. The van der Waals surface area contributed by atoms with E-state index in [0.717, 1.165) is 0 Å². The van der Waals surface area contributed by atoms with E-state index in [1.54, 1.807) is 18.2 Å². The number of allylic oxidation sites excluding steroid dienone is 2. The third-order valence-corrected chi connectivity index (χ3v) is 0.883. The zero-order chi connectivity index (χ0) is 9.28.